The smallest absolute Gasteiger partial charge is 0.266 e. The van der Waals surface area contributed by atoms with Gasteiger partial charge in [-0.15, -0.1) is 0 Å². The van der Waals surface area contributed by atoms with Crippen LogP contribution >= 0.6 is 0 Å². The molecule has 0 bridgehead atoms. The van der Waals surface area contributed by atoms with Gasteiger partial charge in [0.05, 0.1) is 25.6 Å². The Morgan fingerprint density at radius 2 is 2.03 bits per heavy atom. The van der Waals surface area contributed by atoms with Crippen LogP contribution in [-0.2, 0) is 9.53 Å². The van der Waals surface area contributed by atoms with E-state index in [9.17, 15) is 9.59 Å². The number of ether oxygens (including phenoxy) is 1. The highest BCUT2D eigenvalue weighted by molar-refractivity contribution is 6.28. The van der Waals surface area contributed by atoms with Gasteiger partial charge in [-0.1, -0.05) is 38.1 Å². The molecule has 0 spiro atoms. The third-order valence-corrected chi connectivity index (χ3v) is 5.68. The van der Waals surface area contributed by atoms with Gasteiger partial charge in [0.25, 0.3) is 5.91 Å². The van der Waals surface area contributed by atoms with Crippen molar-refractivity contribution < 1.29 is 19.2 Å². The first-order valence-corrected chi connectivity index (χ1v) is 10.9. The number of rotatable bonds is 6. The van der Waals surface area contributed by atoms with Crippen LogP contribution in [0.3, 0.4) is 0 Å². The van der Waals surface area contributed by atoms with Gasteiger partial charge in [0.15, 0.2) is 0 Å². The predicted molar refractivity (Wildman–Crippen MR) is 119 cm³/mol. The molecular formula is C24H29N4O3+. The number of aliphatic imine (C=N–C) groups is 1. The lowest BCUT2D eigenvalue weighted by atomic mass is 9.89. The molecule has 1 aromatic heterocycles. The van der Waals surface area contributed by atoms with Crippen molar-refractivity contribution in [3.05, 3.63) is 59.8 Å². The molecule has 1 aromatic carbocycles. The topological polar surface area (TPSA) is 76.3 Å². The molecule has 1 saturated heterocycles. The number of pyridine rings is 1. The van der Waals surface area contributed by atoms with Crippen molar-refractivity contribution >= 4 is 23.8 Å². The van der Waals surface area contributed by atoms with E-state index in [4.69, 9.17) is 4.74 Å². The summed E-state index contributed by atoms with van der Waals surface area (Å²) in [7, 11) is 0. The van der Waals surface area contributed by atoms with E-state index in [-0.39, 0.29) is 17.9 Å². The van der Waals surface area contributed by atoms with Crippen molar-refractivity contribution in [3.8, 4) is 0 Å². The largest absolute Gasteiger partial charge is 0.365 e. The molecule has 2 amide bonds. The molecule has 0 aliphatic carbocycles. The summed E-state index contributed by atoms with van der Waals surface area (Å²) in [5.41, 5.74) is 1.19. The highest BCUT2D eigenvalue weighted by atomic mass is 16.5. The zero-order valence-electron chi connectivity index (χ0n) is 18.0. The van der Waals surface area contributed by atoms with E-state index >= 15 is 0 Å². The van der Waals surface area contributed by atoms with Crippen LogP contribution in [0, 0.1) is 5.92 Å². The van der Waals surface area contributed by atoms with Crippen molar-refractivity contribution in [2.24, 2.45) is 10.9 Å². The maximum atomic E-state index is 13.3. The summed E-state index contributed by atoms with van der Waals surface area (Å²) in [5.74, 6) is -0.341. The average molecular weight is 422 g/mol. The molecule has 7 heteroatoms. The first kappa shape index (κ1) is 21.3. The number of imide groups is 1. The number of hydrogen-bond acceptors (Lipinski definition) is 5. The zero-order valence-corrected chi connectivity index (χ0v) is 18.0. The fourth-order valence-electron chi connectivity index (χ4n) is 4.32. The number of nitrogens with one attached hydrogen (secondary N) is 1. The van der Waals surface area contributed by atoms with E-state index < -0.39 is 5.92 Å². The van der Waals surface area contributed by atoms with E-state index in [2.05, 4.69) is 23.8 Å². The van der Waals surface area contributed by atoms with Gasteiger partial charge in [-0.3, -0.25) is 14.6 Å². The third kappa shape index (κ3) is 4.73. The second-order valence-electron chi connectivity index (χ2n) is 8.54. The number of nitrogens with zero attached hydrogens (tertiary/aromatic N) is 3. The first-order valence-electron chi connectivity index (χ1n) is 10.9. The molecule has 4 rings (SSSR count). The van der Waals surface area contributed by atoms with Gasteiger partial charge in [0.2, 0.25) is 5.91 Å². The van der Waals surface area contributed by atoms with Crippen molar-refractivity contribution in [2.75, 3.05) is 37.7 Å². The van der Waals surface area contributed by atoms with Crippen LogP contribution in [0.25, 0.3) is 0 Å². The Hall–Kier alpha value is -2.90. The standard InChI is InChI=1S/C24H28N4O3/c1-17(2)15-27-11-12-31-18(16-27)13-25-14-21-19-7-3-4-8-20(19)23(29)28(24(21)30)22-9-5-6-10-26-22/h3-10,14,17-18,21H,11-13,15-16H2,1-2H3/p+1/t18-,21?/m1/s1. The van der Waals surface area contributed by atoms with Crippen LogP contribution in [0.15, 0.2) is 53.7 Å². The number of carbonyl (C=O) groups is 2. The molecule has 3 atom stereocenters. The number of amides is 2. The van der Waals surface area contributed by atoms with Crippen LogP contribution in [0.1, 0.15) is 35.7 Å². The average Bonchev–Trinajstić information content (AvgIpc) is 2.77. The molecular weight excluding hydrogens is 392 g/mol. The Morgan fingerprint density at radius 3 is 2.81 bits per heavy atom. The quantitative estimate of drug-likeness (QED) is 0.565. The lowest BCUT2D eigenvalue weighted by molar-refractivity contribution is -0.914. The second-order valence-corrected chi connectivity index (χ2v) is 8.54. The number of fused-ring (bicyclic) bond motifs is 1. The van der Waals surface area contributed by atoms with Gasteiger partial charge in [0.1, 0.15) is 25.0 Å². The van der Waals surface area contributed by atoms with Crippen molar-refractivity contribution in [3.63, 3.8) is 0 Å². The number of morpholine rings is 1. The molecule has 0 radical (unpaired) electrons. The number of carbonyl (C=O) groups excluding carboxylic acids is 2. The summed E-state index contributed by atoms with van der Waals surface area (Å²) < 4.78 is 5.89. The lowest BCUT2D eigenvalue weighted by Gasteiger charge is -2.31. The van der Waals surface area contributed by atoms with Gasteiger partial charge in [0, 0.05) is 23.9 Å². The minimum Gasteiger partial charge on any atom is -0.365 e. The van der Waals surface area contributed by atoms with Crippen LogP contribution in [0.5, 0.6) is 0 Å². The SMILES string of the molecule is CC(C)C[NH+]1CCO[C@H](CN=CC2C(=O)N(c3ccccn3)C(=O)c3ccccc32)C1. The number of benzene rings is 1. The summed E-state index contributed by atoms with van der Waals surface area (Å²) in [6.45, 7) is 8.77. The highest BCUT2D eigenvalue weighted by Gasteiger charge is 2.39. The van der Waals surface area contributed by atoms with Gasteiger partial charge < -0.3 is 9.64 Å². The molecule has 2 aliphatic rings. The van der Waals surface area contributed by atoms with E-state index in [1.807, 2.05) is 12.1 Å². The summed E-state index contributed by atoms with van der Waals surface area (Å²) in [6.07, 6.45) is 3.29. The van der Waals surface area contributed by atoms with Crippen molar-refractivity contribution in [1.29, 1.82) is 0 Å². The van der Waals surface area contributed by atoms with E-state index in [0.717, 1.165) is 31.1 Å². The van der Waals surface area contributed by atoms with E-state index in [1.165, 1.54) is 4.90 Å². The minimum atomic E-state index is -0.626. The van der Waals surface area contributed by atoms with Crippen molar-refractivity contribution in [1.82, 2.24) is 4.98 Å². The number of quaternary nitrogens is 1. The highest BCUT2D eigenvalue weighted by Crippen LogP contribution is 2.30. The lowest BCUT2D eigenvalue weighted by Crippen LogP contribution is -3.15. The molecule has 2 aromatic rings. The fraction of sp³-hybridized carbons (Fsp3) is 0.417. The van der Waals surface area contributed by atoms with Gasteiger partial charge >= 0.3 is 0 Å². The summed E-state index contributed by atoms with van der Waals surface area (Å²) in [4.78, 5) is 37.8. The van der Waals surface area contributed by atoms with Crippen LogP contribution in [0.4, 0.5) is 5.82 Å². The monoisotopic (exact) mass is 421 g/mol. The molecule has 1 fully saturated rings. The van der Waals surface area contributed by atoms with Crippen molar-refractivity contribution in [2.45, 2.75) is 25.9 Å². The third-order valence-electron chi connectivity index (χ3n) is 5.68. The number of aromatic nitrogens is 1. The maximum Gasteiger partial charge on any atom is 0.266 e. The summed E-state index contributed by atoms with van der Waals surface area (Å²) in [6, 6.07) is 12.4. The Bertz CT molecular complexity index is 960. The number of anilines is 1. The fourth-order valence-corrected chi connectivity index (χ4v) is 4.32. The molecule has 7 nitrogen and oxygen atoms in total. The van der Waals surface area contributed by atoms with Crippen LogP contribution < -0.4 is 9.80 Å². The minimum absolute atomic E-state index is 0.0428. The molecule has 3 heterocycles. The van der Waals surface area contributed by atoms with E-state index in [1.54, 1.807) is 42.7 Å². The Labute approximate surface area is 182 Å². The Morgan fingerprint density at radius 1 is 1.23 bits per heavy atom. The molecule has 0 saturated carbocycles. The second kappa shape index (κ2) is 9.49. The summed E-state index contributed by atoms with van der Waals surface area (Å²) in [5, 5.41) is 0. The normalized spacial score (nSPS) is 24.1. The van der Waals surface area contributed by atoms with E-state index in [0.29, 0.717) is 29.4 Å². The zero-order chi connectivity index (χ0) is 21.8. The van der Waals surface area contributed by atoms with Crippen LogP contribution in [-0.4, -0.2) is 61.9 Å². The van der Waals surface area contributed by atoms with Gasteiger partial charge in [-0.2, -0.15) is 0 Å². The molecule has 2 unspecified atom stereocenters. The van der Waals surface area contributed by atoms with Gasteiger partial charge in [-0.05, 0) is 23.8 Å². The number of hydrogen-bond donors (Lipinski definition) is 1. The molecule has 1 N–H and O–H groups in total. The molecule has 162 valence electrons. The van der Waals surface area contributed by atoms with Crippen LogP contribution in [0.2, 0.25) is 0 Å². The Kier molecular flexibility index (Phi) is 6.53. The van der Waals surface area contributed by atoms with Gasteiger partial charge in [-0.25, -0.2) is 9.88 Å². The predicted octanol–water partition coefficient (Wildman–Crippen LogP) is 1.36. The molecule has 31 heavy (non-hydrogen) atoms. The molecule has 2 aliphatic heterocycles. The first-order chi connectivity index (χ1) is 15.0. The Balaban J connectivity index is 1.53. The maximum absolute atomic E-state index is 13.3. The summed E-state index contributed by atoms with van der Waals surface area (Å²) >= 11 is 0.